The van der Waals surface area contributed by atoms with Gasteiger partial charge >= 0.3 is 0 Å². The van der Waals surface area contributed by atoms with Gasteiger partial charge in [-0.05, 0) is 31.4 Å². The molecule has 0 unspecified atom stereocenters. The predicted octanol–water partition coefficient (Wildman–Crippen LogP) is 1.85. The van der Waals surface area contributed by atoms with Crippen molar-refractivity contribution in [3.63, 3.8) is 0 Å². The molecule has 1 aromatic heterocycles. The average Bonchev–Trinajstić information content (AvgIpc) is 2.17. The molecular weight excluding hydrogens is 226 g/mol. The number of rotatable bonds is 6. The van der Waals surface area contributed by atoms with Crippen LogP contribution in [0.5, 0.6) is 0 Å². The van der Waals surface area contributed by atoms with E-state index >= 15 is 0 Å². The van der Waals surface area contributed by atoms with E-state index in [1.54, 1.807) is 0 Å². The summed E-state index contributed by atoms with van der Waals surface area (Å²) in [5.74, 6) is -0.202. The number of aryl methyl sites for hydroxylation is 2. The summed E-state index contributed by atoms with van der Waals surface area (Å²) in [6, 6.07) is 5.78. The second-order valence-electron chi connectivity index (χ2n) is 3.76. The molecule has 0 saturated heterocycles. The molecule has 0 aliphatic carbocycles. The van der Waals surface area contributed by atoms with Gasteiger partial charge in [-0.15, -0.1) is 0 Å². The first-order valence-electron chi connectivity index (χ1n) is 5.41. The van der Waals surface area contributed by atoms with Crippen LogP contribution >= 0.6 is 0 Å². The molecule has 0 radical (unpaired) electrons. The van der Waals surface area contributed by atoms with Crippen LogP contribution in [-0.4, -0.2) is 23.7 Å². The summed E-state index contributed by atoms with van der Waals surface area (Å²) in [5.41, 5.74) is 1.92. The molecule has 1 rings (SSSR count). The second kappa shape index (κ2) is 5.96. The van der Waals surface area contributed by atoms with Gasteiger partial charge in [0.2, 0.25) is 0 Å². The van der Waals surface area contributed by atoms with E-state index in [1.165, 1.54) is 0 Å². The molecule has 1 aromatic rings. The molecule has 1 heterocycles. The maximum Gasteiger partial charge on any atom is 0.264 e. The topological polar surface area (TPSA) is 67.3 Å². The van der Waals surface area contributed by atoms with Crippen molar-refractivity contribution in [1.82, 2.24) is 4.98 Å². The Balaban J connectivity index is 2.51. The molecule has 0 atom stereocenters. The van der Waals surface area contributed by atoms with Crippen LogP contribution in [0.1, 0.15) is 31.2 Å². The van der Waals surface area contributed by atoms with Crippen molar-refractivity contribution in [2.24, 2.45) is 0 Å². The number of hydrogen-bond acceptors (Lipinski definition) is 3. The lowest BCUT2D eigenvalue weighted by atomic mass is 10.2. The fraction of sp³-hybridized carbons (Fsp3) is 0.545. The van der Waals surface area contributed by atoms with Gasteiger partial charge in [0.05, 0.1) is 5.75 Å². The maximum atomic E-state index is 10.5. The van der Waals surface area contributed by atoms with Gasteiger partial charge in [0.25, 0.3) is 10.1 Å². The third-order valence-corrected chi connectivity index (χ3v) is 3.01. The first-order valence-corrected chi connectivity index (χ1v) is 7.02. The van der Waals surface area contributed by atoms with Crippen LogP contribution in [0, 0.1) is 0 Å². The standard InChI is InChI=1S/C11H17NO3S/c1-2-5-10-6-3-7-11(12-10)8-4-9-16(13,14)15/h3,6-7H,2,4-5,8-9H2,1H3,(H,13,14,15). The maximum absolute atomic E-state index is 10.5. The molecule has 0 aliphatic rings. The molecule has 5 heteroatoms. The van der Waals surface area contributed by atoms with Crippen molar-refractivity contribution in [1.29, 1.82) is 0 Å². The van der Waals surface area contributed by atoms with Gasteiger partial charge in [0, 0.05) is 11.4 Å². The van der Waals surface area contributed by atoms with E-state index in [9.17, 15) is 8.42 Å². The molecule has 0 spiro atoms. The Morgan fingerprint density at radius 2 is 1.88 bits per heavy atom. The van der Waals surface area contributed by atoms with Gasteiger partial charge in [-0.3, -0.25) is 9.54 Å². The zero-order valence-electron chi connectivity index (χ0n) is 9.39. The molecule has 0 fully saturated rings. The third kappa shape index (κ3) is 5.23. The highest BCUT2D eigenvalue weighted by Crippen LogP contribution is 2.05. The molecule has 4 nitrogen and oxygen atoms in total. The summed E-state index contributed by atoms with van der Waals surface area (Å²) in [7, 11) is -3.84. The molecular formula is C11H17NO3S. The van der Waals surface area contributed by atoms with Crippen molar-refractivity contribution in [2.75, 3.05) is 5.75 Å². The van der Waals surface area contributed by atoms with E-state index in [1.807, 2.05) is 18.2 Å². The number of hydrogen-bond donors (Lipinski definition) is 1. The zero-order chi connectivity index (χ0) is 12.0. The molecule has 90 valence electrons. The number of nitrogens with zero attached hydrogens (tertiary/aromatic N) is 1. The molecule has 0 saturated carbocycles. The lowest BCUT2D eigenvalue weighted by molar-refractivity contribution is 0.481. The van der Waals surface area contributed by atoms with Crippen LogP contribution in [0.15, 0.2) is 18.2 Å². The highest BCUT2D eigenvalue weighted by atomic mass is 32.2. The molecule has 0 aromatic carbocycles. The van der Waals surface area contributed by atoms with Crippen LogP contribution in [0.25, 0.3) is 0 Å². The highest BCUT2D eigenvalue weighted by Gasteiger charge is 2.05. The number of aromatic nitrogens is 1. The Labute approximate surface area is 96.5 Å². The second-order valence-corrected chi connectivity index (χ2v) is 5.33. The van der Waals surface area contributed by atoms with Crippen LogP contribution in [0.3, 0.4) is 0 Å². The summed E-state index contributed by atoms with van der Waals surface area (Å²) < 4.78 is 29.6. The van der Waals surface area contributed by atoms with Gasteiger partial charge in [0.15, 0.2) is 0 Å². The minimum atomic E-state index is -3.84. The van der Waals surface area contributed by atoms with Gasteiger partial charge in [-0.25, -0.2) is 0 Å². The average molecular weight is 243 g/mol. The largest absolute Gasteiger partial charge is 0.286 e. The van der Waals surface area contributed by atoms with Gasteiger partial charge in [0.1, 0.15) is 0 Å². The summed E-state index contributed by atoms with van der Waals surface area (Å²) in [6.07, 6.45) is 2.96. The normalized spacial score (nSPS) is 11.6. The molecule has 1 N–H and O–H groups in total. The monoisotopic (exact) mass is 243 g/mol. The third-order valence-electron chi connectivity index (χ3n) is 2.21. The van der Waals surface area contributed by atoms with Crippen LogP contribution in [-0.2, 0) is 23.0 Å². The fourth-order valence-electron chi connectivity index (χ4n) is 1.50. The Bertz CT molecular complexity index is 429. The van der Waals surface area contributed by atoms with E-state index < -0.39 is 10.1 Å². The van der Waals surface area contributed by atoms with Gasteiger partial charge < -0.3 is 0 Å². The minimum Gasteiger partial charge on any atom is -0.286 e. The Morgan fingerprint density at radius 3 is 2.44 bits per heavy atom. The Morgan fingerprint density at radius 1 is 1.25 bits per heavy atom. The van der Waals surface area contributed by atoms with E-state index in [0.29, 0.717) is 12.8 Å². The summed E-state index contributed by atoms with van der Waals surface area (Å²) in [6.45, 7) is 2.09. The fourth-order valence-corrected chi connectivity index (χ4v) is 2.01. The SMILES string of the molecule is CCCc1cccc(CCCS(=O)(=O)O)n1. The number of pyridine rings is 1. The van der Waals surface area contributed by atoms with Crippen LogP contribution < -0.4 is 0 Å². The molecule has 0 bridgehead atoms. The first kappa shape index (κ1) is 13.1. The molecule has 16 heavy (non-hydrogen) atoms. The summed E-state index contributed by atoms with van der Waals surface area (Å²) in [4.78, 5) is 4.41. The first-order chi connectivity index (χ1) is 7.51. The highest BCUT2D eigenvalue weighted by molar-refractivity contribution is 7.85. The molecule has 0 aliphatic heterocycles. The van der Waals surface area contributed by atoms with Crippen molar-refractivity contribution in [3.8, 4) is 0 Å². The summed E-state index contributed by atoms with van der Waals surface area (Å²) in [5, 5.41) is 0. The smallest absolute Gasteiger partial charge is 0.264 e. The van der Waals surface area contributed by atoms with Crippen molar-refractivity contribution < 1.29 is 13.0 Å². The lowest BCUT2D eigenvalue weighted by Gasteiger charge is -2.02. The van der Waals surface area contributed by atoms with Crippen molar-refractivity contribution >= 4 is 10.1 Å². The van der Waals surface area contributed by atoms with Gasteiger partial charge in [-0.1, -0.05) is 19.4 Å². The van der Waals surface area contributed by atoms with Crippen LogP contribution in [0.2, 0.25) is 0 Å². The van der Waals surface area contributed by atoms with E-state index in [-0.39, 0.29) is 5.75 Å². The van der Waals surface area contributed by atoms with Crippen molar-refractivity contribution in [2.45, 2.75) is 32.6 Å². The van der Waals surface area contributed by atoms with Gasteiger partial charge in [-0.2, -0.15) is 8.42 Å². The van der Waals surface area contributed by atoms with Crippen molar-refractivity contribution in [3.05, 3.63) is 29.6 Å². The Kier molecular flexibility index (Phi) is 4.89. The summed E-state index contributed by atoms with van der Waals surface area (Å²) >= 11 is 0. The predicted molar refractivity (Wildman–Crippen MR) is 63.0 cm³/mol. The van der Waals surface area contributed by atoms with E-state index in [0.717, 1.165) is 24.2 Å². The molecule has 0 amide bonds. The van der Waals surface area contributed by atoms with E-state index in [4.69, 9.17) is 4.55 Å². The minimum absolute atomic E-state index is 0.202. The van der Waals surface area contributed by atoms with E-state index in [2.05, 4.69) is 11.9 Å². The zero-order valence-corrected chi connectivity index (χ0v) is 10.2. The Hall–Kier alpha value is -0.940. The van der Waals surface area contributed by atoms with Crippen LogP contribution in [0.4, 0.5) is 0 Å². The quantitative estimate of drug-likeness (QED) is 0.774. The lowest BCUT2D eigenvalue weighted by Crippen LogP contribution is -2.05.